The maximum Gasteiger partial charge on any atom is 0.332 e. The van der Waals surface area contributed by atoms with Crippen molar-refractivity contribution in [2.75, 3.05) is 18.0 Å². The fourth-order valence-corrected chi connectivity index (χ4v) is 3.66. The van der Waals surface area contributed by atoms with Crippen molar-refractivity contribution in [1.29, 1.82) is 0 Å². The first kappa shape index (κ1) is 19.4. The SMILES string of the molecule is CCCn1c(=O)c2c(nc(N3CCCC(N)C3)n2CC=C(C)C)n(C)c1=O. The van der Waals surface area contributed by atoms with Crippen LogP contribution >= 0.6 is 0 Å². The fraction of sp³-hybridized carbons (Fsp3) is 0.632. The molecule has 0 amide bonds. The van der Waals surface area contributed by atoms with Crippen molar-refractivity contribution in [2.24, 2.45) is 12.8 Å². The van der Waals surface area contributed by atoms with E-state index in [4.69, 9.17) is 10.7 Å². The van der Waals surface area contributed by atoms with Gasteiger partial charge in [0.05, 0.1) is 0 Å². The highest BCUT2D eigenvalue weighted by atomic mass is 16.2. The minimum Gasteiger partial charge on any atom is -0.341 e. The van der Waals surface area contributed by atoms with Gasteiger partial charge in [0, 0.05) is 39.3 Å². The smallest absolute Gasteiger partial charge is 0.332 e. The number of piperidine rings is 1. The molecular weight excluding hydrogens is 344 g/mol. The van der Waals surface area contributed by atoms with Crippen LogP contribution in [-0.4, -0.2) is 37.8 Å². The van der Waals surface area contributed by atoms with Gasteiger partial charge in [-0.3, -0.25) is 13.9 Å². The fourth-order valence-electron chi connectivity index (χ4n) is 3.66. The molecule has 0 spiro atoms. The van der Waals surface area contributed by atoms with E-state index in [-0.39, 0.29) is 17.3 Å². The lowest BCUT2D eigenvalue weighted by molar-refractivity contribution is 0.495. The molecular formula is C19H30N6O2. The maximum atomic E-state index is 13.1. The average Bonchev–Trinajstić information content (AvgIpc) is 3.01. The van der Waals surface area contributed by atoms with Crippen molar-refractivity contribution in [3.63, 3.8) is 0 Å². The Balaban J connectivity index is 2.29. The van der Waals surface area contributed by atoms with Crippen molar-refractivity contribution >= 4 is 17.1 Å². The van der Waals surface area contributed by atoms with Gasteiger partial charge >= 0.3 is 5.69 Å². The molecule has 3 rings (SSSR count). The van der Waals surface area contributed by atoms with Gasteiger partial charge in [-0.15, -0.1) is 0 Å². The highest BCUT2D eigenvalue weighted by molar-refractivity contribution is 5.74. The molecule has 2 N–H and O–H groups in total. The van der Waals surface area contributed by atoms with Gasteiger partial charge in [0.25, 0.3) is 5.56 Å². The molecule has 0 aliphatic carbocycles. The Morgan fingerprint density at radius 1 is 1.30 bits per heavy atom. The van der Waals surface area contributed by atoms with Crippen LogP contribution in [0.1, 0.15) is 40.0 Å². The molecule has 0 saturated carbocycles. The van der Waals surface area contributed by atoms with E-state index >= 15 is 0 Å². The highest BCUT2D eigenvalue weighted by Gasteiger charge is 2.25. The van der Waals surface area contributed by atoms with Crippen LogP contribution < -0.4 is 21.9 Å². The number of imidazole rings is 1. The zero-order chi connectivity index (χ0) is 19.7. The third-order valence-electron chi connectivity index (χ3n) is 5.08. The van der Waals surface area contributed by atoms with Gasteiger partial charge in [-0.25, -0.2) is 4.79 Å². The Morgan fingerprint density at radius 2 is 2.04 bits per heavy atom. The largest absolute Gasteiger partial charge is 0.341 e. The molecule has 1 atom stereocenters. The van der Waals surface area contributed by atoms with Crippen molar-refractivity contribution in [1.82, 2.24) is 18.7 Å². The number of nitrogens with two attached hydrogens (primary N) is 1. The average molecular weight is 374 g/mol. The zero-order valence-corrected chi connectivity index (χ0v) is 16.7. The first-order valence-electron chi connectivity index (χ1n) is 9.69. The molecule has 2 aromatic heterocycles. The summed E-state index contributed by atoms with van der Waals surface area (Å²) in [6.45, 7) is 8.51. The molecule has 2 aromatic rings. The molecule has 0 radical (unpaired) electrons. The van der Waals surface area contributed by atoms with E-state index < -0.39 is 0 Å². The summed E-state index contributed by atoms with van der Waals surface area (Å²) in [5.74, 6) is 0.721. The Kier molecular flexibility index (Phi) is 5.55. The number of anilines is 1. The minimum atomic E-state index is -0.317. The van der Waals surface area contributed by atoms with E-state index in [0.717, 1.165) is 37.3 Å². The number of hydrogen-bond acceptors (Lipinski definition) is 5. The van der Waals surface area contributed by atoms with Gasteiger partial charge in [0.2, 0.25) is 5.95 Å². The standard InChI is InChI=1S/C19H30N6O2/c1-5-9-25-17(26)15-16(22(4)19(25)27)21-18(24(15)11-8-13(2)3)23-10-6-7-14(20)12-23/h8,14H,5-7,9-12,20H2,1-4H3. The lowest BCUT2D eigenvalue weighted by atomic mass is 10.1. The van der Waals surface area contributed by atoms with E-state index in [1.54, 1.807) is 7.05 Å². The molecule has 1 aliphatic rings. The van der Waals surface area contributed by atoms with E-state index in [9.17, 15) is 9.59 Å². The quantitative estimate of drug-likeness (QED) is 0.794. The van der Waals surface area contributed by atoms with Crippen molar-refractivity contribution in [2.45, 2.75) is 59.2 Å². The Morgan fingerprint density at radius 3 is 2.67 bits per heavy atom. The summed E-state index contributed by atoms with van der Waals surface area (Å²) in [6.07, 6.45) is 4.78. The van der Waals surface area contributed by atoms with Gasteiger partial charge in [-0.05, 0) is 33.1 Å². The summed E-state index contributed by atoms with van der Waals surface area (Å²) in [6, 6.07) is 0.0936. The topological polar surface area (TPSA) is 91.1 Å². The van der Waals surface area contributed by atoms with Gasteiger partial charge in [0.15, 0.2) is 11.2 Å². The summed E-state index contributed by atoms with van der Waals surface area (Å²) in [5, 5.41) is 0. The van der Waals surface area contributed by atoms with E-state index in [1.807, 2.05) is 25.3 Å². The van der Waals surface area contributed by atoms with Gasteiger partial charge in [-0.2, -0.15) is 4.98 Å². The zero-order valence-electron chi connectivity index (χ0n) is 16.7. The number of nitrogens with zero attached hydrogens (tertiary/aromatic N) is 5. The molecule has 1 fully saturated rings. The van der Waals surface area contributed by atoms with E-state index in [0.29, 0.717) is 30.8 Å². The second-order valence-electron chi connectivity index (χ2n) is 7.62. The van der Waals surface area contributed by atoms with Gasteiger partial charge in [0.1, 0.15) is 0 Å². The second-order valence-corrected chi connectivity index (χ2v) is 7.62. The van der Waals surface area contributed by atoms with E-state index in [1.165, 1.54) is 9.13 Å². The summed E-state index contributed by atoms with van der Waals surface area (Å²) < 4.78 is 4.74. The summed E-state index contributed by atoms with van der Waals surface area (Å²) >= 11 is 0. The summed E-state index contributed by atoms with van der Waals surface area (Å²) in [4.78, 5) is 32.6. The second kappa shape index (κ2) is 7.72. The van der Waals surface area contributed by atoms with Crippen LogP contribution in [0.3, 0.4) is 0 Å². The van der Waals surface area contributed by atoms with Crippen LogP contribution in [0.4, 0.5) is 5.95 Å². The highest BCUT2D eigenvalue weighted by Crippen LogP contribution is 2.23. The number of rotatable bonds is 5. The van der Waals surface area contributed by atoms with Crippen LogP contribution in [-0.2, 0) is 20.1 Å². The predicted molar refractivity (Wildman–Crippen MR) is 108 cm³/mol. The van der Waals surface area contributed by atoms with Crippen LogP contribution in [0.25, 0.3) is 11.2 Å². The normalized spacial score (nSPS) is 17.5. The molecule has 1 unspecified atom stereocenters. The number of fused-ring (bicyclic) bond motifs is 1. The van der Waals surface area contributed by atoms with Crippen LogP contribution in [0.5, 0.6) is 0 Å². The third kappa shape index (κ3) is 3.58. The first-order chi connectivity index (χ1) is 12.8. The predicted octanol–water partition coefficient (Wildman–Crippen LogP) is 1.20. The number of allylic oxidation sites excluding steroid dienone is 2. The molecule has 1 saturated heterocycles. The first-order valence-corrected chi connectivity index (χ1v) is 9.69. The molecule has 0 aromatic carbocycles. The molecule has 1 aliphatic heterocycles. The van der Waals surface area contributed by atoms with E-state index in [2.05, 4.69) is 11.0 Å². The van der Waals surface area contributed by atoms with Crippen molar-refractivity contribution in [3.05, 3.63) is 32.5 Å². The van der Waals surface area contributed by atoms with Crippen LogP contribution in [0.2, 0.25) is 0 Å². The third-order valence-corrected chi connectivity index (χ3v) is 5.08. The van der Waals surface area contributed by atoms with Crippen LogP contribution in [0.15, 0.2) is 21.2 Å². The summed E-state index contributed by atoms with van der Waals surface area (Å²) in [7, 11) is 1.68. The number of hydrogen-bond donors (Lipinski definition) is 1. The molecule has 8 nitrogen and oxygen atoms in total. The van der Waals surface area contributed by atoms with Gasteiger partial charge in [-0.1, -0.05) is 18.6 Å². The van der Waals surface area contributed by atoms with Crippen molar-refractivity contribution < 1.29 is 0 Å². The Bertz CT molecular complexity index is 977. The van der Waals surface area contributed by atoms with Crippen molar-refractivity contribution in [3.8, 4) is 0 Å². The maximum absolute atomic E-state index is 13.1. The molecule has 8 heteroatoms. The molecule has 27 heavy (non-hydrogen) atoms. The Labute approximate surface area is 158 Å². The molecule has 3 heterocycles. The number of aromatic nitrogens is 4. The molecule has 148 valence electrons. The monoisotopic (exact) mass is 374 g/mol. The lowest BCUT2D eigenvalue weighted by Crippen LogP contribution is -2.44. The van der Waals surface area contributed by atoms with Gasteiger partial charge < -0.3 is 15.2 Å². The number of aryl methyl sites for hydroxylation is 1. The Hall–Kier alpha value is -2.35. The lowest BCUT2D eigenvalue weighted by Gasteiger charge is -2.31. The molecule has 0 bridgehead atoms. The minimum absolute atomic E-state index is 0.0936. The summed E-state index contributed by atoms with van der Waals surface area (Å²) in [5.41, 5.74) is 7.67. The van der Waals surface area contributed by atoms with Crippen LogP contribution in [0, 0.1) is 0 Å².